The van der Waals surface area contributed by atoms with Gasteiger partial charge in [0.1, 0.15) is 6.10 Å². The largest absolute Gasteiger partial charge is 0.549 e. The molecule has 25 heavy (non-hydrogen) atoms. The molecule has 1 atom stereocenters. The van der Waals surface area contributed by atoms with Gasteiger partial charge in [0.15, 0.2) is 0 Å². The minimum Gasteiger partial charge on any atom is -0.377 e. The molecular formula is C16H34O6Si3. The van der Waals surface area contributed by atoms with Crippen LogP contribution in [0.15, 0.2) is 0 Å². The monoisotopic (exact) mass is 406 g/mol. The Morgan fingerprint density at radius 1 is 1.00 bits per heavy atom. The van der Waals surface area contributed by atoms with E-state index in [-0.39, 0.29) is 17.1 Å². The van der Waals surface area contributed by atoms with E-state index in [4.69, 9.17) is 26.9 Å². The van der Waals surface area contributed by atoms with E-state index in [1.54, 1.807) is 21.3 Å². The zero-order valence-electron chi connectivity index (χ0n) is 15.1. The van der Waals surface area contributed by atoms with Crippen molar-refractivity contribution in [3.05, 3.63) is 0 Å². The summed E-state index contributed by atoms with van der Waals surface area (Å²) < 4.78 is 38.9. The van der Waals surface area contributed by atoms with Crippen molar-refractivity contribution in [1.29, 1.82) is 0 Å². The Labute approximate surface area is 159 Å². The van der Waals surface area contributed by atoms with E-state index >= 15 is 0 Å². The molecule has 9 heteroatoms. The molecule has 0 aromatic carbocycles. The molecule has 0 radical (unpaired) electrons. The predicted octanol–water partition coefficient (Wildman–Crippen LogP) is 1.32. The molecule has 0 heterocycles. The summed E-state index contributed by atoms with van der Waals surface area (Å²) in [5.41, 5.74) is 0. The van der Waals surface area contributed by atoms with E-state index in [2.05, 4.69) is 11.8 Å². The predicted molar refractivity (Wildman–Crippen MR) is 105 cm³/mol. The maximum Gasteiger partial charge on any atom is 0.549 e. The third-order valence-corrected chi connectivity index (χ3v) is 6.74. The fourth-order valence-corrected chi connectivity index (χ4v) is 4.30. The smallest absolute Gasteiger partial charge is 0.377 e. The van der Waals surface area contributed by atoms with Crippen LogP contribution in [0.5, 0.6) is 0 Å². The van der Waals surface area contributed by atoms with Crippen molar-refractivity contribution < 1.29 is 26.9 Å². The molecule has 0 saturated heterocycles. The van der Waals surface area contributed by atoms with E-state index in [9.17, 15) is 0 Å². The highest BCUT2D eigenvalue weighted by Gasteiger charge is 2.36. The molecule has 1 rings (SSSR count). The fourth-order valence-electron chi connectivity index (χ4n) is 2.51. The van der Waals surface area contributed by atoms with Gasteiger partial charge in [-0.2, -0.15) is 0 Å². The summed E-state index contributed by atoms with van der Waals surface area (Å²) in [6.45, 7) is 0.793. The Morgan fingerprint density at radius 3 is 2.24 bits per heavy atom. The zero-order chi connectivity index (χ0) is 18.1. The first-order valence-corrected chi connectivity index (χ1v) is 11.2. The zero-order valence-corrected chi connectivity index (χ0v) is 17.1. The van der Waals surface area contributed by atoms with Gasteiger partial charge in [-0.3, -0.25) is 8.92 Å². The molecule has 0 amide bonds. The SMILES string of the molecule is CO[Si](CCCCCOC1C#CCCCCC1)(OC)OC.O=[Si]=O.[SiH4]. The lowest BCUT2D eigenvalue weighted by atomic mass is 10.1. The molecule has 146 valence electrons. The molecule has 1 aliphatic rings. The number of hydrogen-bond acceptors (Lipinski definition) is 6. The Hall–Kier alpha value is -0.349. The summed E-state index contributed by atoms with van der Waals surface area (Å²) in [4.78, 5) is 0. The lowest BCUT2D eigenvalue weighted by molar-refractivity contribution is 0.0796. The van der Waals surface area contributed by atoms with Gasteiger partial charge < -0.3 is 18.0 Å². The maximum atomic E-state index is 8.40. The van der Waals surface area contributed by atoms with E-state index in [1.807, 2.05) is 0 Å². The van der Waals surface area contributed by atoms with Gasteiger partial charge in [-0.15, -0.1) is 5.92 Å². The third kappa shape index (κ3) is 13.5. The van der Waals surface area contributed by atoms with Gasteiger partial charge in [-0.05, 0) is 43.1 Å². The average Bonchev–Trinajstić information content (AvgIpc) is 2.57. The highest BCUT2D eigenvalue weighted by Crippen LogP contribution is 2.17. The van der Waals surface area contributed by atoms with Crippen LogP contribution >= 0.6 is 0 Å². The second-order valence-corrected chi connectivity index (χ2v) is 8.73. The molecule has 0 fully saturated rings. The summed E-state index contributed by atoms with van der Waals surface area (Å²) in [6, 6.07) is 0.861. The maximum absolute atomic E-state index is 8.40. The fraction of sp³-hybridized carbons (Fsp3) is 0.875. The third-order valence-electron chi connectivity index (χ3n) is 3.91. The van der Waals surface area contributed by atoms with E-state index in [0.29, 0.717) is 0 Å². The van der Waals surface area contributed by atoms with Gasteiger partial charge in [0.05, 0.1) is 0 Å². The first-order chi connectivity index (χ1) is 11.7. The van der Waals surface area contributed by atoms with E-state index in [0.717, 1.165) is 44.8 Å². The normalized spacial score (nSPS) is 16.7. The first kappa shape index (κ1) is 26.9. The van der Waals surface area contributed by atoms with Crippen molar-refractivity contribution in [3.63, 3.8) is 0 Å². The van der Waals surface area contributed by atoms with Gasteiger partial charge in [0.2, 0.25) is 0 Å². The van der Waals surface area contributed by atoms with Crippen LogP contribution < -0.4 is 0 Å². The van der Waals surface area contributed by atoms with Crippen molar-refractivity contribution in [3.8, 4) is 11.8 Å². The minimum atomic E-state index is -2.39. The number of ether oxygens (including phenoxy) is 1. The number of hydrogen-bond donors (Lipinski definition) is 0. The Bertz CT molecular complexity index is 392. The Kier molecular flexibility index (Phi) is 19.8. The minimum absolute atomic E-state index is 0. The summed E-state index contributed by atoms with van der Waals surface area (Å²) in [7, 11) is 1.19. The molecule has 0 spiro atoms. The number of unbranched alkanes of at least 4 members (excludes halogenated alkanes) is 2. The van der Waals surface area contributed by atoms with Gasteiger partial charge >= 0.3 is 18.1 Å². The lowest BCUT2D eigenvalue weighted by Crippen LogP contribution is -2.42. The van der Waals surface area contributed by atoms with E-state index < -0.39 is 18.1 Å². The molecular weight excluding hydrogens is 372 g/mol. The summed E-state index contributed by atoms with van der Waals surface area (Å²) in [5, 5.41) is 0. The van der Waals surface area contributed by atoms with Crippen molar-refractivity contribution in [1.82, 2.24) is 0 Å². The summed E-state index contributed by atoms with van der Waals surface area (Å²) in [6.07, 6.45) is 9.22. The quantitative estimate of drug-likeness (QED) is 0.309. The van der Waals surface area contributed by atoms with Crippen molar-refractivity contribution in [2.24, 2.45) is 0 Å². The number of rotatable bonds is 10. The van der Waals surface area contributed by atoms with Crippen LogP contribution in [-0.4, -0.2) is 63.1 Å². The van der Waals surface area contributed by atoms with Gasteiger partial charge in [0.25, 0.3) is 0 Å². The molecule has 0 aromatic heterocycles. The van der Waals surface area contributed by atoms with Gasteiger partial charge in [-0.1, -0.05) is 18.8 Å². The summed E-state index contributed by atoms with van der Waals surface area (Å²) >= 11 is 0. The van der Waals surface area contributed by atoms with Crippen LogP contribution in [0.25, 0.3) is 0 Å². The van der Waals surface area contributed by atoms with Crippen LogP contribution in [0.4, 0.5) is 0 Å². The average molecular weight is 407 g/mol. The van der Waals surface area contributed by atoms with Crippen LogP contribution in [0.2, 0.25) is 6.04 Å². The molecule has 0 bridgehead atoms. The molecule has 0 saturated carbocycles. The van der Waals surface area contributed by atoms with Crippen molar-refractivity contribution in [2.45, 2.75) is 63.5 Å². The van der Waals surface area contributed by atoms with Gasteiger partial charge in [-0.25, -0.2) is 0 Å². The van der Waals surface area contributed by atoms with Crippen LogP contribution in [-0.2, 0) is 26.9 Å². The standard InChI is InChI=1S/C16H30O4Si.O2Si.H4Si/c1-17-21(18-2,19-3)15-11-7-10-14-20-16-12-8-5-4-6-9-13-16;1-3-2;/h16H,4-8,10-12,14-15H2,1-3H3;;1H4. The molecule has 0 aliphatic heterocycles. The second-order valence-electron chi connectivity index (χ2n) is 5.47. The van der Waals surface area contributed by atoms with Crippen LogP contribution in [0.3, 0.4) is 0 Å². The topological polar surface area (TPSA) is 71.1 Å². The Morgan fingerprint density at radius 2 is 1.64 bits per heavy atom. The van der Waals surface area contributed by atoms with Crippen molar-refractivity contribution >= 4 is 29.1 Å². The molecule has 1 aliphatic carbocycles. The highest BCUT2D eigenvalue weighted by molar-refractivity contribution is 6.60. The summed E-state index contributed by atoms with van der Waals surface area (Å²) in [5.74, 6) is 6.45. The molecule has 1 unspecified atom stereocenters. The molecule has 6 nitrogen and oxygen atoms in total. The van der Waals surface area contributed by atoms with Gasteiger partial charge in [0, 0.05) is 40.4 Å². The van der Waals surface area contributed by atoms with E-state index in [1.165, 1.54) is 19.3 Å². The van der Waals surface area contributed by atoms with Crippen molar-refractivity contribution in [2.75, 3.05) is 27.9 Å². The lowest BCUT2D eigenvalue weighted by Gasteiger charge is -2.24. The highest BCUT2D eigenvalue weighted by atomic mass is 28.4. The van der Waals surface area contributed by atoms with Crippen LogP contribution in [0.1, 0.15) is 51.4 Å². The molecule has 0 aromatic rings. The Balaban J connectivity index is 0. The molecule has 0 N–H and O–H groups in total. The van der Waals surface area contributed by atoms with Crippen LogP contribution in [0, 0.1) is 11.8 Å². The second kappa shape index (κ2) is 18.4. The first-order valence-electron chi connectivity index (χ1n) is 8.42.